The first kappa shape index (κ1) is 22.3. The van der Waals surface area contributed by atoms with Crippen LogP contribution in [0.3, 0.4) is 0 Å². The minimum atomic E-state index is -0.546. The summed E-state index contributed by atoms with van der Waals surface area (Å²) in [6, 6.07) is 8.67. The van der Waals surface area contributed by atoms with E-state index in [0.717, 1.165) is 23.5 Å². The molecule has 6 nitrogen and oxygen atoms in total. The van der Waals surface area contributed by atoms with E-state index in [1.807, 2.05) is 26.0 Å². The fraction of sp³-hybridized carbons (Fsp3) is 0.318. The van der Waals surface area contributed by atoms with E-state index >= 15 is 0 Å². The molecule has 2 amide bonds. The highest BCUT2D eigenvalue weighted by molar-refractivity contribution is 6.34. The van der Waals surface area contributed by atoms with Crippen molar-refractivity contribution in [3.63, 3.8) is 0 Å². The monoisotopic (exact) mass is 412 g/mol. The summed E-state index contributed by atoms with van der Waals surface area (Å²) in [5.74, 6) is -0.282. The Hall–Kier alpha value is -3.04. The Labute approximate surface area is 176 Å². The Balaban J connectivity index is 2.26. The van der Waals surface area contributed by atoms with Gasteiger partial charge in [0.2, 0.25) is 5.91 Å². The van der Waals surface area contributed by atoms with Gasteiger partial charge in [0.05, 0.1) is 10.7 Å². The van der Waals surface area contributed by atoms with Crippen LogP contribution in [0.1, 0.15) is 37.7 Å². The second-order valence-electron chi connectivity index (χ2n) is 7.33. The van der Waals surface area contributed by atoms with Crippen molar-refractivity contribution in [1.29, 1.82) is 5.26 Å². The van der Waals surface area contributed by atoms with Gasteiger partial charge in [0.15, 0.2) is 0 Å². The summed E-state index contributed by atoms with van der Waals surface area (Å²) < 4.78 is 2.18. The van der Waals surface area contributed by atoms with E-state index in [9.17, 15) is 14.9 Å². The van der Waals surface area contributed by atoms with Crippen LogP contribution in [0.4, 0.5) is 11.4 Å². The molecule has 2 rings (SSSR count). The molecule has 0 saturated heterocycles. The molecule has 0 radical (unpaired) electrons. The Kier molecular flexibility index (Phi) is 7.24. The number of hydrogen-bond donors (Lipinski definition) is 2. The first-order valence-electron chi connectivity index (χ1n) is 9.29. The van der Waals surface area contributed by atoms with Crippen LogP contribution >= 0.6 is 11.6 Å². The summed E-state index contributed by atoms with van der Waals surface area (Å²) >= 11 is 6.19. The fourth-order valence-electron chi connectivity index (χ4n) is 3.01. The van der Waals surface area contributed by atoms with E-state index in [0.29, 0.717) is 17.3 Å². The molecule has 2 N–H and O–H groups in total. The third-order valence-corrected chi connectivity index (χ3v) is 4.68. The van der Waals surface area contributed by atoms with Crippen LogP contribution in [0.25, 0.3) is 6.08 Å². The minimum absolute atomic E-state index is 0.0169. The number of carbonyl (C=O) groups is 2. The number of nitrogens with zero attached hydrogens (tertiary/aromatic N) is 2. The van der Waals surface area contributed by atoms with Crippen molar-refractivity contribution >= 4 is 40.9 Å². The zero-order valence-corrected chi connectivity index (χ0v) is 18.0. The molecule has 0 saturated carbocycles. The van der Waals surface area contributed by atoms with Gasteiger partial charge in [-0.1, -0.05) is 25.4 Å². The summed E-state index contributed by atoms with van der Waals surface area (Å²) in [6.07, 6.45) is 1.59. The van der Waals surface area contributed by atoms with Gasteiger partial charge in [-0.05, 0) is 55.7 Å². The number of nitrogens with one attached hydrogen (secondary N) is 2. The number of carbonyl (C=O) groups excluding carboxylic acids is 2. The van der Waals surface area contributed by atoms with Gasteiger partial charge < -0.3 is 15.2 Å². The fourth-order valence-corrected chi connectivity index (χ4v) is 3.24. The first-order chi connectivity index (χ1) is 13.6. The molecular formula is C22H25ClN4O2. The van der Waals surface area contributed by atoms with E-state index < -0.39 is 5.91 Å². The van der Waals surface area contributed by atoms with Gasteiger partial charge in [0.1, 0.15) is 11.6 Å². The topological polar surface area (TPSA) is 86.9 Å². The number of benzene rings is 1. The SMILES string of the molecule is CC(=O)Nc1ccc(NC(=O)/C(C#N)=C\c2cc(C)n(CC(C)C)c2C)c(Cl)c1. The van der Waals surface area contributed by atoms with Crippen LogP contribution in [0.2, 0.25) is 5.02 Å². The molecule has 1 aromatic heterocycles. The van der Waals surface area contributed by atoms with Crippen LogP contribution in [0.15, 0.2) is 29.8 Å². The lowest BCUT2D eigenvalue weighted by Gasteiger charge is -2.12. The molecule has 1 aromatic carbocycles. The summed E-state index contributed by atoms with van der Waals surface area (Å²) in [6.45, 7) is 10.5. The van der Waals surface area contributed by atoms with Crippen LogP contribution in [0, 0.1) is 31.1 Å². The average molecular weight is 413 g/mol. The third-order valence-electron chi connectivity index (χ3n) is 4.36. The summed E-state index contributed by atoms with van der Waals surface area (Å²) in [4.78, 5) is 23.7. The zero-order chi connectivity index (χ0) is 21.7. The molecule has 0 fully saturated rings. The van der Waals surface area contributed by atoms with Crippen LogP contribution < -0.4 is 10.6 Å². The van der Waals surface area contributed by atoms with E-state index in [-0.39, 0.29) is 16.5 Å². The van der Waals surface area contributed by atoms with E-state index in [1.165, 1.54) is 13.0 Å². The van der Waals surface area contributed by atoms with Gasteiger partial charge in [-0.3, -0.25) is 9.59 Å². The molecule has 0 aliphatic carbocycles. The zero-order valence-electron chi connectivity index (χ0n) is 17.3. The van der Waals surface area contributed by atoms with Crippen LogP contribution in [0.5, 0.6) is 0 Å². The molecule has 1 heterocycles. The number of halogens is 1. The smallest absolute Gasteiger partial charge is 0.266 e. The molecule has 0 atom stereocenters. The number of nitriles is 1. The standard InChI is InChI=1S/C22H25ClN4O2/c1-13(2)12-27-14(3)8-17(15(27)4)9-18(11-24)22(29)26-21-7-6-19(10-20(21)23)25-16(5)28/h6-10,13H,12H2,1-5H3,(H,25,28)(H,26,29)/b18-9-. The van der Waals surface area contributed by atoms with Crippen molar-refractivity contribution in [2.24, 2.45) is 5.92 Å². The van der Waals surface area contributed by atoms with Crippen molar-refractivity contribution in [3.05, 3.63) is 51.8 Å². The van der Waals surface area contributed by atoms with Crippen molar-refractivity contribution in [2.75, 3.05) is 10.6 Å². The predicted molar refractivity (Wildman–Crippen MR) is 117 cm³/mol. The Morgan fingerprint density at radius 2 is 1.93 bits per heavy atom. The lowest BCUT2D eigenvalue weighted by molar-refractivity contribution is -0.114. The molecule has 7 heteroatoms. The largest absolute Gasteiger partial charge is 0.348 e. The molecule has 0 aliphatic heterocycles. The van der Waals surface area contributed by atoms with Crippen LogP contribution in [-0.2, 0) is 16.1 Å². The van der Waals surface area contributed by atoms with E-state index in [2.05, 4.69) is 29.0 Å². The molecule has 0 aliphatic rings. The maximum Gasteiger partial charge on any atom is 0.266 e. The second-order valence-corrected chi connectivity index (χ2v) is 7.74. The lowest BCUT2D eigenvalue weighted by atomic mass is 10.1. The Morgan fingerprint density at radius 3 is 2.48 bits per heavy atom. The predicted octanol–water partition coefficient (Wildman–Crippen LogP) is 4.92. The highest BCUT2D eigenvalue weighted by atomic mass is 35.5. The Bertz CT molecular complexity index is 1010. The lowest BCUT2D eigenvalue weighted by Crippen LogP contribution is -2.14. The highest BCUT2D eigenvalue weighted by Crippen LogP contribution is 2.26. The van der Waals surface area contributed by atoms with Gasteiger partial charge in [0.25, 0.3) is 5.91 Å². The summed E-state index contributed by atoms with van der Waals surface area (Å²) in [5.41, 5.74) is 3.79. The molecular weight excluding hydrogens is 388 g/mol. The van der Waals surface area contributed by atoms with Gasteiger partial charge in [0, 0.05) is 30.5 Å². The van der Waals surface area contributed by atoms with Crippen molar-refractivity contribution in [2.45, 2.75) is 41.2 Å². The van der Waals surface area contributed by atoms with Crippen molar-refractivity contribution < 1.29 is 9.59 Å². The maximum absolute atomic E-state index is 12.6. The molecule has 0 bridgehead atoms. The molecule has 2 aromatic rings. The number of hydrogen-bond acceptors (Lipinski definition) is 3. The van der Waals surface area contributed by atoms with Gasteiger partial charge >= 0.3 is 0 Å². The third kappa shape index (κ3) is 5.72. The quantitative estimate of drug-likeness (QED) is 0.521. The molecule has 29 heavy (non-hydrogen) atoms. The van der Waals surface area contributed by atoms with E-state index in [4.69, 9.17) is 11.6 Å². The maximum atomic E-state index is 12.6. The van der Waals surface area contributed by atoms with Crippen molar-refractivity contribution in [3.8, 4) is 6.07 Å². The van der Waals surface area contributed by atoms with E-state index in [1.54, 1.807) is 18.2 Å². The number of amides is 2. The van der Waals surface area contributed by atoms with Gasteiger partial charge in [-0.15, -0.1) is 0 Å². The molecule has 0 spiro atoms. The van der Waals surface area contributed by atoms with Crippen LogP contribution in [-0.4, -0.2) is 16.4 Å². The molecule has 152 valence electrons. The Morgan fingerprint density at radius 1 is 1.24 bits per heavy atom. The van der Waals surface area contributed by atoms with Gasteiger partial charge in [-0.2, -0.15) is 5.26 Å². The summed E-state index contributed by atoms with van der Waals surface area (Å²) in [7, 11) is 0. The normalized spacial score (nSPS) is 11.3. The highest BCUT2D eigenvalue weighted by Gasteiger charge is 2.15. The number of anilines is 2. The van der Waals surface area contributed by atoms with Crippen molar-refractivity contribution in [1.82, 2.24) is 4.57 Å². The number of rotatable bonds is 6. The minimum Gasteiger partial charge on any atom is -0.348 e. The van der Waals surface area contributed by atoms with Gasteiger partial charge in [-0.25, -0.2) is 0 Å². The number of aromatic nitrogens is 1. The average Bonchev–Trinajstić information content (AvgIpc) is 2.88. The summed E-state index contributed by atoms with van der Waals surface area (Å²) in [5, 5.41) is 15.0. The first-order valence-corrected chi connectivity index (χ1v) is 9.67. The number of aryl methyl sites for hydroxylation is 1. The second kappa shape index (κ2) is 9.44. The molecule has 0 unspecified atom stereocenters.